The second-order valence-electron chi connectivity index (χ2n) is 7.14. The number of nitrogens with one attached hydrogen (secondary N) is 1. The van der Waals surface area contributed by atoms with Crippen molar-refractivity contribution in [3.63, 3.8) is 0 Å². The van der Waals surface area contributed by atoms with Gasteiger partial charge in [0.25, 0.3) is 0 Å². The summed E-state index contributed by atoms with van der Waals surface area (Å²) >= 11 is 0. The number of anilines is 1. The first-order valence-corrected chi connectivity index (χ1v) is 9.70. The van der Waals surface area contributed by atoms with Crippen molar-refractivity contribution in [2.24, 2.45) is 0 Å². The maximum absolute atomic E-state index is 6.14. The molecule has 2 aromatic heterocycles. The maximum atomic E-state index is 6.14. The highest BCUT2D eigenvalue weighted by atomic mass is 16.5. The predicted molar refractivity (Wildman–Crippen MR) is 111 cm³/mol. The van der Waals surface area contributed by atoms with E-state index in [2.05, 4.69) is 51.8 Å². The lowest BCUT2D eigenvalue weighted by Crippen LogP contribution is -2.10. The van der Waals surface area contributed by atoms with Crippen molar-refractivity contribution < 1.29 is 4.74 Å². The van der Waals surface area contributed by atoms with Gasteiger partial charge in [-0.3, -0.25) is 9.67 Å². The maximum Gasteiger partial charge on any atom is 0.132 e. The number of nitrogens with zero attached hydrogens (tertiary/aromatic N) is 3. The van der Waals surface area contributed by atoms with Crippen molar-refractivity contribution in [2.75, 3.05) is 11.9 Å². The van der Waals surface area contributed by atoms with Crippen molar-refractivity contribution in [3.8, 4) is 5.75 Å². The molecule has 0 spiro atoms. The lowest BCUT2D eigenvalue weighted by atomic mass is 9.98. The molecule has 1 unspecified atom stereocenters. The topological polar surface area (TPSA) is 52.0 Å². The van der Waals surface area contributed by atoms with Crippen molar-refractivity contribution in [2.45, 2.75) is 25.4 Å². The Bertz CT molecular complexity index is 1090. The van der Waals surface area contributed by atoms with E-state index in [9.17, 15) is 0 Å². The predicted octanol–water partition coefficient (Wildman–Crippen LogP) is 4.81. The summed E-state index contributed by atoms with van der Waals surface area (Å²) in [6.07, 6.45) is 7.78. The SMILES string of the molecule is c1ccc(Cn2cc(NC3CCCOc4c3ccc3ccccc43)cn2)nc1. The zero-order valence-electron chi connectivity index (χ0n) is 15.6. The molecule has 28 heavy (non-hydrogen) atoms. The third kappa shape index (κ3) is 3.31. The Hall–Kier alpha value is -3.34. The van der Waals surface area contributed by atoms with Crippen LogP contribution < -0.4 is 10.1 Å². The summed E-state index contributed by atoms with van der Waals surface area (Å²) in [7, 11) is 0. The van der Waals surface area contributed by atoms with Crippen LogP contribution in [0.3, 0.4) is 0 Å². The summed E-state index contributed by atoms with van der Waals surface area (Å²) in [6.45, 7) is 1.41. The number of aromatic nitrogens is 3. The van der Waals surface area contributed by atoms with Gasteiger partial charge in [-0.1, -0.05) is 42.5 Å². The molecular weight excluding hydrogens is 348 g/mol. The van der Waals surface area contributed by atoms with Crippen LogP contribution >= 0.6 is 0 Å². The van der Waals surface area contributed by atoms with Crippen LogP contribution in [0.1, 0.15) is 30.1 Å². The third-order valence-electron chi connectivity index (χ3n) is 5.19. The number of benzene rings is 2. The smallest absolute Gasteiger partial charge is 0.132 e. The summed E-state index contributed by atoms with van der Waals surface area (Å²) < 4.78 is 8.06. The Balaban J connectivity index is 1.41. The van der Waals surface area contributed by atoms with Gasteiger partial charge in [0.2, 0.25) is 0 Å². The van der Waals surface area contributed by atoms with Crippen LogP contribution in [0.15, 0.2) is 73.2 Å². The Kier molecular flexibility index (Phi) is 4.41. The molecule has 1 N–H and O–H groups in total. The van der Waals surface area contributed by atoms with Crippen LogP contribution in [-0.4, -0.2) is 21.4 Å². The van der Waals surface area contributed by atoms with Gasteiger partial charge in [0, 0.05) is 23.3 Å². The molecule has 0 saturated heterocycles. The Morgan fingerprint density at radius 2 is 2.00 bits per heavy atom. The van der Waals surface area contributed by atoms with E-state index in [4.69, 9.17) is 4.74 Å². The largest absolute Gasteiger partial charge is 0.493 e. The quantitative estimate of drug-likeness (QED) is 0.560. The fourth-order valence-electron chi connectivity index (χ4n) is 3.85. The van der Waals surface area contributed by atoms with E-state index in [0.717, 1.165) is 36.6 Å². The van der Waals surface area contributed by atoms with Crippen LogP contribution in [0.5, 0.6) is 5.75 Å². The summed E-state index contributed by atoms with van der Waals surface area (Å²) in [5.41, 5.74) is 3.23. The monoisotopic (exact) mass is 370 g/mol. The average molecular weight is 370 g/mol. The molecule has 1 aliphatic rings. The highest BCUT2D eigenvalue weighted by Gasteiger charge is 2.22. The molecule has 4 aromatic rings. The van der Waals surface area contributed by atoms with Crippen LogP contribution in [-0.2, 0) is 6.54 Å². The minimum absolute atomic E-state index is 0.203. The van der Waals surface area contributed by atoms with Gasteiger partial charge in [-0.25, -0.2) is 0 Å². The summed E-state index contributed by atoms with van der Waals surface area (Å²) in [6, 6.07) is 18.9. The summed E-state index contributed by atoms with van der Waals surface area (Å²) in [5, 5.41) is 10.5. The van der Waals surface area contributed by atoms with E-state index >= 15 is 0 Å². The summed E-state index contributed by atoms with van der Waals surface area (Å²) in [5.74, 6) is 1.01. The minimum Gasteiger partial charge on any atom is -0.493 e. The van der Waals surface area contributed by atoms with Gasteiger partial charge in [0.15, 0.2) is 0 Å². The molecule has 2 aromatic carbocycles. The Morgan fingerprint density at radius 3 is 2.93 bits per heavy atom. The van der Waals surface area contributed by atoms with E-state index in [1.165, 1.54) is 16.3 Å². The number of hydrogen-bond donors (Lipinski definition) is 1. The van der Waals surface area contributed by atoms with E-state index in [-0.39, 0.29) is 6.04 Å². The van der Waals surface area contributed by atoms with E-state index < -0.39 is 0 Å². The average Bonchev–Trinajstić information content (AvgIpc) is 3.06. The Morgan fingerprint density at radius 1 is 1.07 bits per heavy atom. The number of hydrogen-bond acceptors (Lipinski definition) is 4. The molecule has 0 bridgehead atoms. The molecule has 3 heterocycles. The molecule has 0 saturated carbocycles. The number of pyridine rings is 1. The molecule has 0 amide bonds. The van der Waals surface area contributed by atoms with Gasteiger partial charge in [0.05, 0.1) is 36.8 Å². The van der Waals surface area contributed by atoms with Crippen molar-refractivity contribution in [3.05, 3.63) is 84.4 Å². The third-order valence-corrected chi connectivity index (χ3v) is 5.19. The summed E-state index contributed by atoms with van der Waals surface area (Å²) in [4.78, 5) is 4.37. The van der Waals surface area contributed by atoms with Crippen LogP contribution in [0.25, 0.3) is 10.8 Å². The first kappa shape index (κ1) is 16.8. The molecule has 5 heteroatoms. The number of fused-ring (bicyclic) bond motifs is 3. The van der Waals surface area contributed by atoms with Gasteiger partial charge >= 0.3 is 0 Å². The minimum atomic E-state index is 0.203. The van der Waals surface area contributed by atoms with Gasteiger partial charge in [-0.15, -0.1) is 0 Å². The molecular formula is C23H22N4O. The lowest BCUT2D eigenvalue weighted by Gasteiger charge is -2.19. The van der Waals surface area contributed by atoms with Gasteiger partial charge in [0.1, 0.15) is 5.75 Å². The van der Waals surface area contributed by atoms with E-state index in [1.807, 2.05) is 41.5 Å². The van der Waals surface area contributed by atoms with Crippen molar-refractivity contribution in [1.29, 1.82) is 0 Å². The lowest BCUT2D eigenvalue weighted by molar-refractivity contribution is 0.320. The molecule has 0 aliphatic carbocycles. The fourth-order valence-corrected chi connectivity index (χ4v) is 3.85. The van der Waals surface area contributed by atoms with Gasteiger partial charge in [-0.05, 0) is 30.4 Å². The fraction of sp³-hybridized carbons (Fsp3) is 0.217. The molecule has 1 atom stereocenters. The molecule has 0 radical (unpaired) electrons. The van der Waals surface area contributed by atoms with Crippen LogP contribution in [0.2, 0.25) is 0 Å². The standard InChI is InChI=1S/C23H22N4O/c1-2-8-20-17(6-1)10-11-21-22(9-5-13-28-23(20)21)26-19-14-25-27(16-19)15-18-7-3-4-12-24-18/h1-4,6-8,10-12,14,16,22,26H,5,9,13,15H2. The molecule has 0 fully saturated rings. The molecule has 140 valence electrons. The van der Waals surface area contributed by atoms with Crippen molar-refractivity contribution >= 4 is 16.5 Å². The molecule has 5 nitrogen and oxygen atoms in total. The van der Waals surface area contributed by atoms with Crippen LogP contribution in [0.4, 0.5) is 5.69 Å². The van der Waals surface area contributed by atoms with Gasteiger partial charge in [-0.2, -0.15) is 5.10 Å². The Labute approximate surface area is 164 Å². The first-order chi connectivity index (χ1) is 13.9. The second kappa shape index (κ2) is 7.35. The zero-order valence-corrected chi connectivity index (χ0v) is 15.6. The normalized spacial score (nSPS) is 16.2. The van der Waals surface area contributed by atoms with E-state index in [1.54, 1.807) is 0 Å². The highest BCUT2D eigenvalue weighted by molar-refractivity contribution is 5.90. The van der Waals surface area contributed by atoms with E-state index in [0.29, 0.717) is 6.54 Å². The van der Waals surface area contributed by atoms with Crippen LogP contribution in [0, 0.1) is 0 Å². The molecule has 1 aliphatic heterocycles. The van der Waals surface area contributed by atoms with Crippen molar-refractivity contribution in [1.82, 2.24) is 14.8 Å². The molecule has 5 rings (SSSR count). The number of rotatable bonds is 4. The second-order valence-corrected chi connectivity index (χ2v) is 7.14. The first-order valence-electron chi connectivity index (χ1n) is 9.70. The zero-order chi connectivity index (χ0) is 18.8. The highest BCUT2D eigenvalue weighted by Crippen LogP contribution is 2.38. The van der Waals surface area contributed by atoms with Gasteiger partial charge < -0.3 is 10.1 Å². The number of ether oxygens (including phenoxy) is 1.